The number of halogens is 2. The monoisotopic (exact) mass is 375 g/mol. The molecule has 2 aromatic rings. The molecule has 1 heterocycles. The van der Waals surface area contributed by atoms with Gasteiger partial charge >= 0.3 is 5.97 Å². The highest BCUT2D eigenvalue weighted by atomic mass is 19.2. The van der Waals surface area contributed by atoms with Gasteiger partial charge in [-0.2, -0.15) is 0 Å². The molecule has 27 heavy (non-hydrogen) atoms. The minimum Gasteiger partial charge on any atom is -0.481 e. The molecule has 3 rings (SSSR count). The molecule has 1 saturated heterocycles. The Hall–Kier alpha value is -2.96. The summed E-state index contributed by atoms with van der Waals surface area (Å²) in [6.45, 7) is 0.432. The van der Waals surface area contributed by atoms with Crippen LogP contribution in [0.25, 0.3) is 0 Å². The Labute approximate surface area is 155 Å². The maximum Gasteiger partial charge on any atom is 0.305 e. The summed E-state index contributed by atoms with van der Waals surface area (Å²) in [7, 11) is 0. The third kappa shape index (κ3) is 4.42. The fraction of sp³-hybridized carbons (Fsp3) is 0.300. The first-order chi connectivity index (χ1) is 13.0. The van der Waals surface area contributed by atoms with Crippen molar-refractivity contribution in [1.29, 1.82) is 0 Å². The maximum atomic E-state index is 13.5. The van der Waals surface area contributed by atoms with E-state index in [1.165, 1.54) is 11.0 Å². The topological polar surface area (TPSA) is 66.8 Å². The van der Waals surface area contributed by atoms with Crippen molar-refractivity contribution in [2.45, 2.75) is 31.4 Å². The summed E-state index contributed by atoms with van der Waals surface area (Å²) >= 11 is 0. The van der Waals surface area contributed by atoms with E-state index in [1.807, 2.05) is 0 Å². The van der Waals surface area contributed by atoms with E-state index in [-0.39, 0.29) is 12.2 Å². The Morgan fingerprint density at radius 1 is 1.15 bits per heavy atom. The highest BCUT2D eigenvalue weighted by Gasteiger charge is 2.36. The van der Waals surface area contributed by atoms with E-state index in [4.69, 9.17) is 9.84 Å². The van der Waals surface area contributed by atoms with Gasteiger partial charge in [0.15, 0.2) is 11.6 Å². The van der Waals surface area contributed by atoms with E-state index >= 15 is 0 Å². The van der Waals surface area contributed by atoms with Crippen molar-refractivity contribution >= 4 is 11.9 Å². The number of hydrogen-bond acceptors (Lipinski definition) is 3. The van der Waals surface area contributed by atoms with Gasteiger partial charge in [-0.3, -0.25) is 9.59 Å². The van der Waals surface area contributed by atoms with Crippen LogP contribution in [0.5, 0.6) is 5.75 Å². The molecule has 142 valence electrons. The van der Waals surface area contributed by atoms with E-state index < -0.39 is 35.7 Å². The van der Waals surface area contributed by atoms with Crippen LogP contribution in [0.4, 0.5) is 8.78 Å². The van der Waals surface area contributed by atoms with Crippen LogP contribution in [0.1, 0.15) is 30.9 Å². The molecular weight excluding hydrogens is 356 g/mol. The smallest absolute Gasteiger partial charge is 0.305 e. The number of carbonyl (C=O) groups is 2. The molecule has 2 aromatic carbocycles. The summed E-state index contributed by atoms with van der Waals surface area (Å²) in [4.78, 5) is 25.7. The molecule has 0 saturated carbocycles. The number of ether oxygens (including phenoxy) is 1. The molecule has 2 atom stereocenters. The Balaban J connectivity index is 1.88. The molecule has 1 N–H and O–H groups in total. The Bertz CT molecular complexity index is 828. The molecule has 0 radical (unpaired) electrons. The zero-order chi connectivity index (χ0) is 19.4. The Kier molecular flexibility index (Phi) is 5.69. The lowest BCUT2D eigenvalue weighted by Crippen LogP contribution is -2.41. The zero-order valence-electron chi connectivity index (χ0n) is 14.5. The number of benzene rings is 2. The fourth-order valence-corrected chi connectivity index (χ4v) is 3.27. The Morgan fingerprint density at radius 3 is 2.56 bits per heavy atom. The molecule has 7 heteroatoms. The Morgan fingerprint density at radius 2 is 1.89 bits per heavy atom. The summed E-state index contributed by atoms with van der Waals surface area (Å²) in [5.41, 5.74) is 0.549. The molecule has 1 amide bonds. The average Bonchev–Trinajstić information content (AvgIpc) is 3.10. The predicted molar refractivity (Wildman–Crippen MR) is 93.2 cm³/mol. The molecule has 2 unspecified atom stereocenters. The van der Waals surface area contributed by atoms with Crippen molar-refractivity contribution in [1.82, 2.24) is 4.90 Å². The average molecular weight is 375 g/mol. The van der Waals surface area contributed by atoms with Gasteiger partial charge in [0.25, 0.3) is 5.91 Å². The van der Waals surface area contributed by atoms with Crippen molar-refractivity contribution in [3.05, 3.63) is 65.7 Å². The standard InChI is InChI=1S/C20H19F2NO4/c21-16-9-8-15(12-17(16)22)27-19(13-5-2-1-3-6-13)20(26)23-10-4-7-14(23)11-18(24)25/h1-3,5-6,8-9,12,14,19H,4,7,10-11H2,(H,24,25). The zero-order valence-corrected chi connectivity index (χ0v) is 14.5. The largest absolute Gasteiger partial charge is 0.481 e. The van der Waals surface area contributed by atoms with Gasteiger partial charge in [0.1, 0.15) is 5.75 Å². The van der Waals surface area contributed by atoms with E-state index in [0.29, 0.717) is 24.9 Å². The van der Waals surface area contributed by atoms with Crippen LogP contribution in [0.15, 0.2) is 48.5 Å². The molecule has 1 aliphatic heterocycles. The summed E-state index contributed by atoms with van der Waals surface area (Å²) in [6.07, 6.45) is 0.0879. The summed E-state index contributed by atoms with van der Waals surface area (Å²) in [5.74, 6) is -3.43. The van der Waals surface area contributed by atoms with Crippen molar-refractivity contribution < 1.29 is 28.2 Å². The quantitative estimate of drug-likeness (QED) is 0.839. The van der Waals surface area contributed by atoms with Crippen LogP contribution < -0.4 is 4.74 Å². The normalized spacial score (nSPS) is 17.6. The molecular formula is C20H19F2NO4. The van der Waals surface area contributed by atoms with Gasteiger partial charge in [-0.05, 0) is 25.0 Å². The van der Waals surface area contributed by atoms with Gasteiger partial charge in [0.05, 0.1) is 6.42 Å². The third-order valence-electron chi connectivity index (χ3n) is 4.54. The molecule has 1 fully saturated rings. The number of carboxylic acid groups (broad SMARTS) is 1. The second kappa shape index (κ2) is 8.16. The summed E-state index contributed by atoms with van der Waals surface area (Å²) in [5, 5.41) is 9.07. The number of carboxylic acids is 1. The second-order valence-corrected chi connectivity index (χ2v) is 6.41. The summed E-state index contributed by atoms with van der Waals surface area (Å²) < 4.78 is 32.4. The fourth-order valence-electron chi connectivity index (χ4n) is 3.27. The van der Waals surface area contributed by atoms with E-state index in [2.05, 4.69) is 0 Å². The first-order valence-electron chi connectivity index (χ1n) is 8.64. The molecule has 0 aliphatic carbocycles. The number of nitrogens with zero attached hydrogens (tertiary/aromatic N) is 1. The maximum absolute atomic E-state index is 13.5. The SMILES string of the molecule is O=C(O)CC1CCCN1C(=O)C(Oc1ccc(F)c(F)c1)c1ccccc1. The number of amides is 1. The van der Waals surface area contributed by atoms with Crippen molar-refractivity contribution in [3.8, 4) is 5.75 Å². The lowest BCUT2D eigenvalue weighted by molar-refractivity contribution is -0.143. The van der Waals surface area contributed by atoms with E-state index in [0.717, 1.165) is 12.1 Å². The van der Waals surface area contributed by atoms with Crippen molar-refractivity contribution in [3.63, 3.8) is 0 Å². The van der Waals surface area contributed by atoms with Gasteiger partial charge in [-0.15, -0.1) is 0 Å². The summed E-state index contributed by atoms with van der Waals surface area (Å²) in [6, 6.07) is 11.3. The number of hydrogen-bond donors (Lipinski definition) is 1. The number of carbonyl (C=O) groups excluding carboxylic acids is 1. The predicted octanol–water partition coefficient (Wildman–Crippen LogP) is 3.55. The lowest BCUT2D eigenvalue weighted by atomic mass is 10.1. The van der Waals surface area contributed by atoms with Crippen LogP contribution in [0.2, 0.25) is 0 Å². The molecule has 0 spiro atoms. The third-order valence-corrected chi connectivity index (χ3v) is 4.54. The van der Waals surface area contributed by atoms with Gasteiger partial charge in [-0.1, -0.05) is 30.3 Å². The van der Waals surface area contributed by atoms with E-state index in [1.54, 1.807) is 30.3 Å². The van der Waals surface area contributed by atoms with Crippen LogP contribution in [0.3, 0.4) is 0 Å². The van der Waals surface area contributed by atoms with E-state index in [9.17, 15) is 18.4 Å². The highest BCUT2D eigenvalue weighted by Crippen LogP contribution is 2.29. The minimum atomic E-state index is -1.08. The van der Waals surface area contributed by atoms with Gasteiger partial charge in [0.2, 0.25) is 6.10 Å². The number of rotatable bonds is 6. The second-order valence-electron chi connectivity index (χ2n) is 6.41. The number of likely N-dealkylation sites (tertiary alicyclic amines) is 1. The molecule has 0 bridgehead atoms. The van der Waals surface area contributed by atoms with Gasteiger partial charge in [0, 0.05) is 24.2 Å². The lowest BCUT2D eigenvalue weighted by Gasteiger charge is -2.28. The van der Waals surface area contributed by atoms with Crippen molar-refractivity contribution in [2.24, 2.45) is 0 Å². The highest BCUT2D eigenvalue weighted by molar-refractivity contribution is 5.84. The first kappa shape index (κ1) is 18.8. The van der Waals surface area contributed by atoms with Gasteiger partial charge in [-0.25, -0.2) is 8.78 Å². The number of aliphatic carboxylic acids is 1. The van der Waals surface area contributed by atoms with Crippen LogP contribution in [-0.4, -0.2) is 34.5 Å². The van der Waals surface area contributed by atoms with Crippen LogP contribution in [-0.2, 0) is 9.59 Å². The van der Waals surface area contributed by atoms with Crippen LogP contribution in [0, 0.1) is 11.6 Å². The molecule has 0 aromatic heterocycles. The first-order valence-corrected chi connectivity index (χ1v) is 8.64. The molecule has 1 aliphatic rings. The molecule has 5 nitrogen and oxygen atoms in total. The minimum absolute atomic E-state index is 0.0186. The van der Waals surface area contributed by atoms with Crippen molar-refractivity contribution in [2.75, 3.05) is 6.54 Å². The van der Waals surface area contributed by atoms with Crippen LogP contribution >= 0.6 is 0 Å². The van der Waals surface area contributed by atoms with Gasteiger partial charge < -0.3 is 14.7 Å².